The Morgan fingerprint density at radius 2 is 2.27 bits per heavy atom. The lowest BCUT2D eigenvalue weighted by atomic mass is 10.0. The van der Waals surface area contributed by atoms with Crippen LogP contribution in [0.4, 0.5) is 0 Å². The second-order valence-corrected chi connectivity index (χ2v) is 4.46. The summed E-state index contributed by atoms with van der Waals surface area (Å²) in [5.41, 5.74) is 5.64. The van der Waals surface area contributed by atoms with Crippen LogP contribution in [0.15, 0.2) is 0 Å². The lowest BCUT2D eigenvalue weighted by molar-refractivity contribution is -0.128. The molecule has 88 valence electrons. The third-order valence-electron chi connectivity index (χ3n) is 2.86. The van der Waals surface area contributed by atoms with E-state index >= 15 is 0 Å². The summed E-state index contributed by atoms with van der Waals surface area (Å²) in [6, 6.07) is 0.262. The van der Waals surface area contributed by atoms with E-state index in [0.29, 0.717) is 12.5 Å². The maximum absolute atomic E-state index is 11.5. The Morgan fingerprint density at radius 1 is 1.53 bits per heavy atom. The molecule has 0 bridgehead atoms. The van der Waals surface area contributed by atoms with E-state index in [9.17, 15) is 4.79 Å². The SMILES string of the molecule is CC(C)OCC(=O)NC1CCCC1CN. The Morgan fingerprint density at radius 3 is 2.87 bits per heavy atom. The minimum absolute atomic E-state index is 0.0194. The van der Waals surface area contributed by atoms with Crippen molar-refractivity contribution in [3.05, 3.63) is 0 Å². The molecule has 0 heterocycles. The summed E-state index contributed by atoms with van der Waals surface area (Å²) in [5.74, 6) is 0.432. The van der Waals surface area contributed by atoms with E-state index in [1.54, 1.807) is 0 Å². The zero-order valence-corrected chi connectivity index (χ0v) is 9.66. The maximum atomic E-state index is 11.5. The number of carbonyl (C=O) groups is 1. The first-order valence-corrected chi connectivity index (χ1v) is 5.74. The Hall–Kier alpha value is -0.610. The molecular weight excluding hydrogens is 192 g/mol. The highest BCUT2D eigenvalue weighted by molar-refractivity contribution is 5.77. The molecule has 0 saturated heterocycles. The zero-order valence-electron chi connectivity index (χ0n) is 9.66. The van der Waals surface area contributed by atoms with Crippen LogP contribution in [-0.4, -0.2) is 31.2 Å². The van der Waals surface area contributed by atoms with Gasteiger partial charge in [-0.15, -0.1) is 0 Å². The van der Waals surface area contributed by atoms with Crippen LogP contribution < -0.4 is 11.1 Å². The first-order valence-electron chi connectivity index (χ1n) is 5.74. The molecule has 3 N–H and O–H groups in total. The third-order valence-corrected chi connectivity index (χ3v) is 2.86. The molecule has 1 aliphatic rings. The summed E-state index contributed by atoms with van der Waals surface area (Å²) in [7, 11) is 0. The van der Waals surface area contributed by atoms with Crippen LogP contribution in [0.25, 0.3) is 0 Å². The van der Waals surface area contributed by atoms with Crippen molar-refractivity contribution in [1.82, 2.24) is 5.32 Å². The maximum Gasteiger partial charge on any atom is 0.246 e. The van der Waals surface area contributed by atoms with Gasteiger partial charge < -0.3 is 15.8 Å². The van der Waals surface area contributed by atoms with Crippen LogP contribution in [-0.2, 0) is 9.53 Å². The standard InChI is InChI=1S/C11H22N2O2/c1-8(2)15-7-11(14)13-10-5-3-4-9(10)6-12/h8-10H,3-7,12H2,1-2H3,(H,13,14). The molecule has 1 saturated carbocycles. The summed E-state index contributed by atoms with van der Waals surface area (Å²) in [6.07, 6.45) is 3.45. The molecule has 0 radical (unpaired) electrons. The summed E-state index contributed by atoms with van der Waals surface area (Å²) >= 11 is 0. The topological polar surface area (TPSA) is 64.3 Å². The van der Waals surface area contributed by atoms with Crippen molar-refractivity contribution >= 4 is 5.91 Å². The van der Waals surface area contributed by atoms with Gasteiger partial charge >= 0.3 is 0 Å². The summed E-state index contributed by atoms with van der Waals surface area (Å²) in [5, 5.41) is 2.99. The van der Waals surface area contributed by atoms with E-state index in [2.05, 4.69) is 5.32 Å². The molecule has 0 aromatic rings. The lowest BCUT2D eigenvalue weighted by Crippen LogP contribution is -2.41. The van der Waals surface area contributed by atoms with Crippen LogP contribution in [0, 0.1) is 5.92 Å². The normalized spacial score (nSPS) is 25.9. The van der Waals surface area contributed by atoms with E-state index < -0.39 is 0 Å². The van der Waals surface area contributed by atoms with E-state index in [-0.39, 0.29) is 24.7 Å². The average molecular weight is 214 g/mol. The van der Waals surface area contributed by atoms with Crippen LogP contribution in [0.2, 0.25) is 0 Å². The fraction of sp³-hybridized carbons (Fsp3) is 0.909. The van der Waals surface area contributed by atoms with Crippen molar-refractivity contribution in [1.29, 1.82) is 0 Å². The molecule has 0 aromatic carbocycles. The highest BCUT2D eigenvalue weighted by atomic mass is 16.5. The third kappa shape index (κ3) is 4.18. The van der Waals surface area contributed by atoms with Gasteiger partial charge in [0.1, 0.15) is 6.61 Å². The van der Waals surface area contributed by atoms with Gasteiger partial charge in [0.25, 0.3) is 0 Å². The number of nitrogens with two attached hydrogens (primary N) is 1. The molecule has 15 heavy (non-hydrogen) atoms. The van der Waals surface area contributed by atoms with Crippen molar-refractivity contribution in [2.45, 2.75) is 45.3 Å². The van der Waals surface area contributed by atoms with Gasteiger partial charge in [0.05, 0.1) is 6.10 Å². The van der Waals surface area contributed by atoms with Crippen molar-refractivity contribution < 1.29 is 9.53 Å². The molecule has 2 unspecified atom stereocenters. The quantitative estimate of drug-likeness (QED) is 0.706. The molecule has 1 fully saturated rings. The summed E-state index contributed by atoms with van der Waals surface area (Å²) < 4.78 is 5.24. The second kappa shape index (κ2) is 6.08. The van der Waals surface area contributed by atoms with Gasteiger partial charge in [-0.05, 0) is 39.2 Å². The smallest absolute Gasteiger partial charge is 0.246 e. The Labute approximate surface area is 91.5 Å². The first-order chi connectivity index (χ1) is 7.13. The monoisotopic (exact) mass is 214 g/mol. The molecular formula is C11H22N2O2. The minimum atomic E-state index is -0.0194. The first kappa shape index (κ1) is 12.5. The number of carbonyl (C=O) groups excluding carboxylic acids is 1. The van der Waals surface area contributed by atoms with Crippen LogP contribution in [0.5, 0.6) is 0 Å². The summed E-state index contributed by atoms with van der Waals surface area (Å²) in [6.45, 7) is 4.67. The Bertz CT molecular complexity index is 207. The summed E-state index contributed by atoms with van der Waals surface area (Å²) in [4.78, 5) is 11.5. The highest BCUT2D eigenvalue weighted by Gasteiger charge is 2.27. The van der Waals surface area contributed by atoms with Crippen LogP contribution in [0.3, 0.4) is 0 Å². The molecule has 4 heteroatoms. The van der Waals surface area contributed by atoms with Gasteiger partial charge in [-0.25, -0.2) is 0 Å². The van der Waals surface area contributed by atoms with Gasteiger partial charge in [0.15, 0.2) is 0 Å². The molecule has 4 nitrogen and oxygen atoms in total. The lowest BCUT2D eigenvalue weighted by Gasteiger charge is -2.19. The van der Waals surface area contributed by atoms with E-state index in [1.807, 2.05) is 13.8 Å². The number of hydrogen-bond donors (Lipinski definition) is 2. The van der Waals surface area contributed by atoms with Gasteiger partial charge in [-0.3, -0.25) is 4.79 Å². The molecule has 2 atom stereocenters. The molecule has 0 aliphatic heterocycles. The number of amides is 1. The fourth-order valence-electron chi connectivity index (χ4n) is 2.00. The molecule has 0 spiro atoms. The fourth-order valence-corrected chi connectivity index (χ4v) is 2.00. The predicted molar refractivity (Wildman–Crippen MR) is 59.4 cm³/mol. The minimum Gasteiger partial charge on any atom is -0.369 e. The van der Waals surface area contributed by atoms with Crippen molar-refractivity contribution in [2.75, 3.05) is 13.2 Å². The van der Waals surface area contributed by atoms with Gasteiger partial charge in [-0.2, -0.15) is 0 Å². The number of nitrogens with one attached hydrogen (secondary N) is 1. The average Bonchev–Trinajstić information content (AvgIpc) is 2.62. The van der Waals surface area contributed by atoms with E-state index in [4.69, 9.17) is 10.5 Å². The number of ether oxygens (including phenoxy) is 1. The largest absolute Gasteiger partial charge is 0.369 e. The molecule has 1 amide bonds. The highest BCUT2D eigenvalue weighted by Crippen LogP contribution is 2.24. The van der Waals surface area contributed by atoms with E-state index in [1.165, 1.54) is 0 Å². The Kier molecular flexibility index (Phi) is 5.05. The van der Waals surface area contributed by atoms with Crippen molar-refractivity contribution in [2.24, 2.45) is 11.7 Å². The second-order valence-electron chi connectivity index (χ2n) is 4.46. The van der Waals surface area contributed by atoms with Crippen molar-refractivity contribution in [3.8, 4) is 0 Å². The van der Waals surface area contributed by atoms with Crippen LogP contribution in [0.1, 0.15) is 33.1 Å². The van der Waals surface area contributed by atoms with Gasteiger partial charge in [0.2, 0.25) is 5.91 Å². The Balaban J connectivity index is 2.24. The van der Waals surface area contributed by atoms with Crippen molar-refractivity contribution in [3.63, 3.8) is 0 Å². The van der Waals surface area contributed by atoms with Crippen LogP contribution >= 0.6 is 0 Å². The number of rotatable bonds is 5. The van der Waals surface area contributed by atoms with Gasteiger partial charge in [0, 0.05) is 6.04 Å². The van der Waals surface area contributed by atoms with E-state index in [0.717, 1.165) is 19.3 Å². The molecule has 1 aliphatic carbocycles. The predicted octanol–water partition coefficient (Wildman–Crippen LogP) is 0.655. The number of hydrogen-bond acceptors (Lipinski definition) is 3. The molecule has 1 rings (SSSR count). The zero-order chi connectivity index (χ0) is 11.3. The van der Waals surface area contributed by atoms with Gasteiger partial charge in [-0.1, -0.05) is 6.42 Å². The molecule has 0 aromatic heterocycles.